The Bertz CT molecular complexity index is 493. The Kier molecular flexibility index (Phi) is 4.81. The van der Waals surface area contributed by atoms with Crippen LogP contribution in [0.25, 0.3) is 0 Å². The number of aryl methyl sites for hydroxylation is 1. The van der Waals surface area contributed by atoms with Crippen LogP contribution in [0.15, 0.2) is 41.1 Å². The number of rotatable bonds is 6. The van der Waals surface area contributed by atoms with E-state index < -0.39 is 0 Å². The molecule has 1 heterocycles. The summed E-state index contributed by atoms with van der Waals surface area (Å²) in [6, 6.07) is 8.22. The molecule has 3 nitrogen and oxygen atoms in total. The second kappa shape index (κ2) is 6.59. The number of imidazole rings is 1. The molecule has 1 N–H and O–H groups in total. The van der Waals surface area contributed by atoms with Crippen molar-refractivity contribution in [3.8, 4) is 0 Å². The molecule has 0 fully saturated rings. The lowest BCUT2D eigenvalue weighted by Crippen LogP contribution is -2.12. The largest absolute Gasteiger partial charge is 0.383 e. The van der Waals surface area contributed by atoms with Gasteiger partial charge in [-0.05, 0) is 24.6 Å². The minimum Gasteiger partial charge on any atom is -0.383 e. The Morgan fingerprint density at radius 2 is 2.28 bits per heavy atom. The van der Waals surface area contributed by atoms with Crippen molar-refractivity contribution in [3.05, 3.63) is 47.0 Å². The predicted octanol–water partition coefficient (Wildman–Crippen LogP) is 3.71. The summed E-state index contributed by atoms with van der Waals surface area (Å²) in [5.74, 6) is 1.17. The summed E-state index contributed by atoms with van der Waals surface area (Å²) in [4.78, 5) is 4.37. The SMILES string of the molecule is CCCc1nccn1CCNc1cccc(Br)c1. The Labute approximate surface area is 116 Å². The molecule has 0 atom stereocenters. The number of nitrogens with one attached hydrogen (secondary N) is 1. The van der Waals surface area contributed by atoms with Gasteiger partial charge in [0.05, 0.1) is 0 Å². The predicted molar refractivity (Wildman–Crippen MR) is 78.9 cm³/mol. The Morgan fingerprint density at radius 3 is 3.06 bits per heavy atom. The van der Waals surface area contributed by atoms with E-state index in [4.69, 9.17) is 0 Å². The van der Waals surface area contributed by atoms with Gasteiger partial charge in [0.1, 0.15) is 5.82 Å². The summed E-state index contributed by atoms with van der Waals surface area (Å²) >= 11 is 3.47. The molecule has 0 bridgehead atoms. The van der Waals surface area contributed by atoms with Crippen molar-refractivity contribution in [2.45, 2.75) is 26.3 Å². The molecular formula is C14H18BrN3. The van der Waals surface area contributed by atoms with Crippen LogP contribution in [0.3, 0.4) is 0 Å². The summed E-state index contributed by atoms with van der Waals surface area (Å²) in [6.07, 6.45) is 6.11. The molecule has 0 spiro atoms. The van der Waals surface area contributed by atoms with Crippen LogP contribution in [0.2, 0.25) is 0 Å². The first kappa shape index (κ1) is 13.1. The highest BCUT2D eigenvalue weighted by atomic mass is 79.9. The molecule has 1 aromatic heterocycles. The zero-order valence-corrected chi connectivity index (χ0v) is 12.2. The Morgan fingerprint density at radius 1 is 1.39 bits per heavy atom. The van der Waals surface area contributed by atoms with E-state index in [1.54, 1.807) is 0 Å². The van der Waals surface area contributed by atoms with Crippen molar-refractivity contribution in [3.63, 3.8) is 0 Å². The highest BCUT2D eigenvalue weighted by Crippen LogP contribution is 2.15. The van der Waals surface area contributed by atoms with Gasteiger partial charge in [0, 0.05) is 42.1 Å². The van der Waals surface area contributed by atoms with E-state index in [1.807, 2.05) is 24.5 Å². The summed E-state index contributed by atoms with van der Waals surface area (Å²) < 4.78 is 3.32. The fourth-order valence-electron chi connectivity index (χ4n) is 1.91. The van der Waals surface area contributed by atoms with Crippen molar-refractivity contribution >= 4 is 21.6 Å². The number of nitrogens with zero attached hydrogens (tertiary/aromatic N) is 2. The minimum absolute atomic E-state index is 0.906. The maximum Gasteiger partial charge on any atom is 0.108 e. The number of hydrogen-bond donors (Lipinski definition) is 1. The summed E-state index contributed by atoms with van der Waals surface area (Å²) in [5, 5.41) is 3.41. The molecule has 0 aliphatic carbocycles. The number of benzene rings is 1. The number of anilines is 1. The van der Waals surface area contributed by atoms with Gasteiger partial charge < -0.3 is 9.88 Å². The van der Waals surface area contributed by atoms with Crippen LogP contribution in [0, 0.1) is 0 Å². The Hall–Kier alpha value is -1.29. The first-order chi connectivity index (χ1) is 8.79. The molecule has 1 aromatic carbocycles. The monoisotopic (exact) mass is 307 g/mol. The third-order valence-electron chi connectivity index (χ3n) is 2.78. The fraction of sp³-hybridized carbons (Fsp3) is 0.357. The maximum atomic E-state index is 4.37. The molecule has 2 rings (SSSR count). The molecular weight excluding hydrogens is 290 g/mol. The molecule has 0 aliphatic rings. The summed E-state index contributed by atoms with van der Waals surface area (Å²) in [5.41, 5.74) is 1.14. The molecule has 0 saturated heterocycles. The van der Waals surface area contributed by atoms with Crippen molar-refractivity contribution < 1.29 is 0 Å². The van der Waals surface area contributed by atoms with E-state index in [9.17, 15) is 0 Å². The van der Waals surface area contributed by atoms with E-state index >= 15 is 0 Å². The normalized spacial score (nSPS) is 10.6. The van der Waals surface area contributed by atoms with Crippen molar-refractivity contribution in [2.75, 3.05) is 11.9 Å². The molecule has 0 aliphatic heterocycles. The zero-order valence-electron chi connectivity index (χ0n) is 10.6. The highest BCUT2D eigenvalue weighted by Gasteiger charge is 2.00. The van der Waals surface area contributed by atoms with Crippen LogP contribution < -0.4 is 5.32 Å². The molecule has 4 heteroatoms. The third-order valence-corrected chi connectivity index (χ3v) is 3.28. The van der Waals surface area contributed by atoms with Gasteiger partial charge >= 0.3 is 0 Å². The average molecular weight is 308 g/mol. The van der Waals surface area contributed by atoms with Crippen LogP contribution in [0.4, 0.5) is 5.69 Å². The van der Waals surface area contributed by atoms with Crippen LogP contribution in [-0.4, -0.2) is 16.1 Å². The van der Waals surface area contributed by atoms with Crippen LogP contribution in [0.5, 0.6) is 0 Å². The molecule has 0 radical (unpaired) electrons. The molecule has 96 valence electrons. The van der Waals surface area contributed by atoms with Crippen molar-refractivity contribution in [2.24, 2.45) is 0 Å². The second-order valence-corrected chi connectivity index (χ2v) is 5.14. The average Bonchev–Trinajstić information content (AvgIpc) is 2.78. The minimum atomic E-state index is 0.906. The topological polar surface area (TPSA) is 29.9 Å². The maximum absolute atomic E-state index is 4.37. The van der Waals surface area contributed by atoms with E-state index in [1.165, 1.54) is 5.82 Å². The zero-order chi connectivity index (χ0) is 12.8. The highest BCUT2D eigenvalue weighted by molar-refractivity contribution is 9.10. The summed E-state index contributed by atoms with van der Waals surface area (Å²) in [6.45, 7) is 4.03. The van der Waals surface area contributed by atoms with Gasteiger partial charge in [-0.1, -0.05) is 28.9 Å². The second-order valence-electron chi connectivity index (χ2n) is 4.22. The first-order valence-electron chi connectivity index (χ1n) is 6.29. The van der Waals surface area contributed by atoms with Gasteiger partial charge in [0.2, 0.25) is 0 Å². The fourth-order valence-corrected chi connectivity index (χ4v) is 2.31. The lowest BCUT2D eigenvalue weighted by molar-refractivity contribution is 0.663. The lowest BCUT2D eigenvalue weighted by Gasteiger charge is -2.09. The third kappa shape index (κ3) is 3.60. The first-order valence-corrected chi connectivity index (χ1v) is 7.08. The van der Waals surface area contributed by atoms with Crippen molar-refractivity contribution in [1.82, 2.24) is 9.55 Å². The lowest BCUT2D eigenvalue weighted by atomic mass is 10.3. The molecule has 18 heavy (non-hydrogen) atoms. The van der Waals surface area contributed by atoms with Gasteiger partial charge in [-0.3, -0.25) is 0 Å². The van der Waals surface area contributed by atoms with Crippen molar-refractivity contribution in [1.29, 1.82) is 0 Å². The standard InChI is InChI=1S/C14H18BrN3/c1-2-4-14-17-8-10-18(14)9-7-16-13-6-3-5-12(15)11-13/h3,5-6,8,10-11,16H,2,4,7,9H2,1H3. The van der Waals surface area contributed by atoms with Crippen LogP contribution in [-0.2, 0) is 13.0 Å². The van der Waals surface area contributed by atoms with Crippen LogP contribution in [0.1, 0.15) is 19.2 Å². The van der Waals surface area contributed by atoms with E-state index in [0.717, 1.165) is 36.1 Å². The van der Waals surface area contributed by atoms with E-state index in [0.29, 0.717) is 0 Å². The van der Waals surface area contributed by atoms with Gasteiger partial charge in [0.25, 0.3) is 0 Å². The smallest absolute Gasteiger partial charge is 0.108 e. The van der Waals surface area contributed by atoms with Gasteiger partial charge in [0.15, 0.2) is 0 Å². The van der Waals surface area contributed by atoms with E-state index in [-0.39, 0.29) is 0 Å². The Balaban J connectivity index is 1.86. The number of aromatic nitrogens is 2. The van der Waals surface area contributed by atoms with Gasteiger partial charge in [-0.15, -0.1) is 0 Å². The van der Waals surface area contributed by atoms with Crippen LogP contribution >= 0.6 is 15.9 Å². The number of halogens is 1. The van der Waals surface area contributed by atoms with Gasteiger partial charge in [-0.2, -0.15) is 0 Å². The summed E-state index contributed by atoms with van der Waals surface area (Å²) in [7, 11) is 0. The molecule has 0 amide bonds. The van der Waals surface area contributed by atoms with Gasteiger partial charge in [-0.25, -0.2) is 4.98 Å². The molecule has 2 aromatic rings. The molecule has 0 saturated carbocycles. The quantitative estimate of drug-likeness (QED) is 0.881. The van der Waals surface area contributed by atoms with E-state index in [2.05, 4.69) is 49.9 Å². The number of hydrogen-bond acceptors (Lipinski definition) is 2. The molecule has 0 unspecified atom stereocenters.